The molecule has 0 fully saturated rings. The van der Waals surface area contributed by atoms with Crippen LogP contribution in [0.15, 0.2) is 24.3 Å². The lowest BCUT2D eigenvalue weighted by Gasteiger charge is -2.23. The van der Waals surface area contributed by atoms with Crippen LogP contribution >= 0.6 is 23.2 Å². The Hall–Kier alpha value is -0.930. The SMILES string of the molecule is CC(Cl)CN(C)C(=O)C(C)Oc1cccc(Cl)c1. The Morgan fingerprint density at radius 2 is 2.11 bits per heavy atom. The van der Waals surface area contributed by atoms with E-state index in [1.54, 1.807) is 43.1 Å². The number of benzene rings is 1. The second-order valence-electron chi connectivity index (χ2n) is 4.22. The van der Waals surface area contributed by atoms with E-state index in [-0.39, 0.29) is 11.3 Å². The smallest absolute Gasteiger partial charge is 0.263 e. The van der Waals surface area contributed by atoms with Gasteiger partial charge in [0.1, 0.15) is 5.75 Å². The van der Waals surface area contributed by atoms with Gasteiger partial charge in [-0.1, -0.05) is 17.7 Å². The van der Waals surface area contributed by atoms with Crippen molar-refractivity contribution in [2.45, 2.75) is 25.3 Å². The number of carbonyl (C=O) groups is 1. The molecule has 3 nitrogen and oxygen atoms in total. The molecule has 0 N–H and O–H groups in total. The first-order valence-corrected chi connectivity index (χ1v) is 6.53. The van der Waals surface area contributed by atoms with Gasteiger partial charge in [-0.05, 0) is 32.0 Å². The number of rotatable bonds is 5. The number of hydrogen-bond acceptors (Lipinski definition) is 2. The van der Waals surface area contributed by atoms with Crippen molar-refractivity contribution >= 4 is 29.1 Å². The second-order valence-corrected chi connectivity index (χ2v) is 5.40. The number of carbonyl (C=O) groups excluding carboxylic acids is 1. The highest BCUT2D eigenvalue weighted by Crippen LogP contribution is 2.18. The third-order valence-electron chi connectivity index (χ3n) is 2.36. The van der Waals surface area contributed by atoms with E-state index in [2.05, 4.69) is 0 Å². The fraction of sp³-hybridized carbons (Fsp3) is 0.462. The zero-order valence-electron chi connectivity index (χ0n) is 10.7. The van der Waals surface area contributed by atoms with Gasteiger partial charge in [0.2, 0.25) is 0 Å². The van der Waals surface area contributed by atoms with Crippen LogP contribution in [0.1, 0.15) is 13.8 Å². The molecule has 0 aliphatic rings. The summed E-state index contributed by atoms with van der Waals surface area (Å²) in [6, 6.07) is 6.97. The van der Waals surface area contributed by atoms with Gasteiger partial charge in [-0.15, -0.1) is 11.6 Å². The Morgan fingerprint density at radius 3 is 2.67 bits per heavy atom. The predicted octanol–water partition coefficient (Wildman–Crippen LogP) is 3.19. The Kier molecular flexibility index (Phi) is 5.76. The second kappa shape index (κ2) is 6.86. The molecule has 2 unspecified atom stereocenters. The molecule has 5 heteroatoms. The summed E-state index contributed by atoms with van der Waals surface area (Å²) < 4.78 is 5.54. The number of hydrogen-bond donors (Lipinski definition) is 0. The molecule has 0 saturated heterocycles. The van der Waals surface area contributed by atoms with E-state index in [0.29, 0.717) is 17.3 Å². The lowest BCUT2D eigenvalue weighted by atomic mass is 10.3. The summed E-state index contributed by atoms with van der Waals surface area (Å²) in [4.78, 5) is 13.5. The number of amides is 1. The summed E-state index contributed by atoms with van der Waals surface area (Å²) in [6.07, 6.45) is -0.566. The number of nitrogens with zero attached hydrogens (tertiary/aromatic N) is 1. The van der Waals surface area contributed by atoms with Gasteiger partial charge in [0.25, 0.3) is 5.91 Å². The van der Waals surface area contributed by atoms with Crippen molar-refractivity contribution in [3.63, 3.8) is 0 Å². The van der Waals surface area contributed by atoms with Crippen molar-refractivity contribution in [1.29, 1.82) is 0 Å². The highest BCUT2D eigenvalue weighted by Gasteiger charge is 2.20. The average molecular weight is 290 g/mol. The van der Waals surface area contributed by atoms with Crippen molar-refractivity contribution < 1.29 is 9.53 Å². The minimum absolute atomic E-state index is 0.0858. The topological polar surface area (TPSA) is 29.5 Å². The maximum atomic E-state index is 12.0. The van der Waals surface area contributed by atoms with Gasteiger partial charge in [-0.3, -0.25) is 4.79 Å². The first kappa shape index (κ1) is 15.1. The quantitative estimate of drug-likeness (QED) is 0.779. The molecule has 18 heavy (non-hydrogen) atoms. The van der Waals surface area contributed by atoms with Crippen LogP contribution in [0.5, 0.6) is 5.75 Å². The summed E-state index contributed by atoms with van der Waals surface area (Å²) in [5.74, 6) is 0.471. The van der Waals surface area contributed by atoms with Gasteiger partial charge in [0, 0.05) is 24.0 Å². The van der Waals surface area contributed by atoms with Gasteiger partial charge in [-0.2, -0.15) is 0 Å². The zero-order chi connectivity index (χ0) is 13.7. The molecule has 1 rings (SSSR count). The molecule has 0 aliphatic carbocycles. The molecule has 0 aliphatic heterocycles. The number of halogens is 2. The van der Waals surface area contributed by atoms with Crippen LogP contribution in [0.25, 0.3) is 0 Å². The zero-order valence-corrected chi connectivity index (χ0v) is 12.2. The molecule has 0 aromatic heterocycles. The van der Waals surface area contributed by atoms with E-state index >= 15 is 0 Å². The number of likely N-dealkylation sites (N-methyl/N-ethyl adjacent to an activating group) is 1. The van der Waals surface area contributed by atoms with Crippen molar-refractivity contribution in [3.8, 4) is 5.75 Å². The molecule has 1 amide bonds. The third-order valence-corrected chi connectivity index (χ3v) is 2.73. The summed E-state index contributed by atoms with van der Waals surface area (Å²) in [5, 5.41) is 0.493. The van der Waals surface area contributed by atoms with Crippen LogP contribution in [0, 0.1) is 0 Å². The van der Waals surface area contributed by atoms with Crippen LogP contribution < -0.4 is 4.74 Å². The standard InChI is InChI=1S/C13H17Cl2NO2/c1-9(14)8-16(3)13(17)10(2)18-12-6-4-5-11(15)7-12/h4-7,9-10H,8H2,1-3H3. The Balaban J connectivity index is 2.59. The van der Waals surface area contributed by atoms with Gasteiger partial charge in [0.15, 0.2) is 6.10 Å². The van der Waals surface area contributed by atoms with E-state index in [4.69, 9.17) is 27.9 Å². The first-order chi connectivity index (χ1) is 8.40. The van der Waals surface area contributed by atoms with E-state index < -0.39 is 6.10 Å². The van der Waals surface area contributed by atoms with Crippen LogP contribution in [0.4, 0.5) is 0 Å². The Bertz CT molecular complexity index is 410. The molecule has 1 aromatic carbocycles. The van der Waals surface area contributed by atoms with Gasteiger partial charge < -0.3 is 9.64 Å². The molecule has 0 saturated carbocycles. The van der Waals surface area contributed by atoms with E-state index in [0.717, 1.165) is 0 Å². The fourth-order valence-corrected chi connectivity index (χ4v) is 1.96. The largest absolute Gasteiger partial charge is 0.481 e. The molecule has 100 valence electrons. The molecular formula is C13H17Cl2NO2. The molecule has 0 spiro atoms. The monoisotopic (exact) mass is 289 g/mol. The van der Waals surface area contributed by atoms with Crippen molar-refractivity contribution in [3.05, 3.63) is 29.3 Å². The first-order valence-electron chi connectivity index (χ1n) is 5.71. The van der Waals surface area contributed by atoms with E-state index in [9.17, 15) is 4.79 Å². The highest BCUT2D eigenvalue weighted by molar-refractivity contribution is 6.30. The number of ether oxygens (including phenoxy) is 1. The van der Waals surface area contributed by atoms with E-state index in [1.165, 1.54) is 0 Å². The average Bonchev–Trinajstić information content (AvgIpc) is 2.27. The molecule has 2 atom stereocenters. The minimum Gasteiger partial charge on any atom is -0.481 e. The predicted molar refractivity (Wildman–Crippen MR) is 74.5 cm³/mol. The van der Waals surface area contributed by atoms with Crippen LogP contribution in [-0.4, -0.2) is 35.9 Å². The lowest BCUT2D eigenvalue weighted by Crippen LogP contribution is -2.40. The van der Waals surface area contributed by atoms with Crippen molar-refractivity contribution in [2.24, 2.45) is 0 Å². The Labute approximate surface area is 118 Å². The normalized spacial score (nSPS) is 13.8. The molecule has 0 bridgehead atoms. The number of alkyl halides is 1. The van der Waals surface area contributed by atoms with Gasteiger partial charge in [0.05, 0.1) is 0 Å². The summed E-state index contributed by atoms with van der Waals surface area (Å²) in [5.41, 5.74) is 0. The summed E-state index contributed by atoms with van der Waals surface area (Å²) in [7, 11) is 1.71. The van der Waals surface area contributed by atoms with Gasteiger partial charge >= 0.3 is 0 Å². The van der Waals surface area contributed by atoms with Crippen molar-refractivity contribution in [1.82, 2.24) is 4.90 Å². The summed E-state index contributed by atoms with van der Waals surface area (Å²) in [6.45, 7) is 4.04. The molecule has 0 radical (unpaired) electrons. The lowest BCUT2D eigenvalue weighted by molar-refractivity contribution is -0.136. The fourth-order valence-electron chi connectivity index (χ4n) is 1.57. The third kappa shape index (κ3) is 4.75. The maximum absolute atomic E-state index is 12.0. The van der Waals surface area contributed by atoms with E-state index in [1.807, 2.05) is 6.92 Å². The van der Waals surface area contributed by atoms with Crippen molar-refractivity contribution in [2.75, 3.05) is 13.6 Å². The molecule has 1 aromatic rings. The Morgan fingerprint density at radius 1 is 1.44 bits per heavy atom. The van der Waals surface area contributed by atoms with Crippen LogP contribution in [-0.2, 0) is 4.79 Å². The maximum Gasteiger partial charge on any atom is 0.263 e. The van der Waals surface area contributed by atoms with Crippen LogP contribution in [0.2, 0.25) is 5.02 Å². The van der Waals surface area contributed by atoms with Crippen LogP contribution in [0.3, 0.4) is 0 Å². The molecular weight excluding hydrogens is 273 g/mol. The minimum atomic E-state index is -0.566. The highest BCUT2D eigenvalue weighted by atomic mass is 35.5. The molecule has 0 heterocycles. The summed E-state index contributed by atoms with van der Waals surface area (Å²) >= 11 is 11.7. The van der Waals surface area contributed by atoms with Gasteiger partial charge in [-0.25, -0.2) is 0 Å².